The van der Waals surface area contributed by atoms with Crippen LogP contribution >= 0.6 is 11.6 Å². The number of amides is 1. The zero-order valence-corrected chi connectivity index (χ0v) is 15.7. The van der Waals surface area contributed by atoms with E-state index in [2.05, 4.69) is 10.6 Å². The molecule has 0 atom stereocenters. The fourth-order valence-electron chi connectivity index (χ4n) is 3.38. The average molecular weight is 401 g/mol. The molecule has 0 radical (unpaired) electrons. The highest BCUT2D eigenvalue weighted by molar-refractivity contribution is 6.31. The number of anilines is 2. The van der Waals surface area contributed by atoms with Gasteiger partial charge in [0.2, 0.25) is 0 Å². The molecule has 4 rings (SSSR count). The third-order valence-corrected chi connectivity index (χ3v) is 4.91. The Balaban J connectivity index is 1.56. The number of fused-ring (bicyclic) bond motifs is 2. The Bertz CT molecular complexity index is 1110. The van der Waals surface area contributed by atoms with Gasteiger partial charge in [0, 0.05) is 35.7 Å². The molecular weight excluding hydrogens is 384 g/mol. The number of nitrogens with one attached hydrogen (secondary N) is 2. The van der Waals surface area contributed by atoms with E-state index in [9.17, 15) is 14.9 Å². The first-order chi connectivity index (χ1) is 13.4. The molecule has 0 saturated carbocycles. The van der Waals surface area contributed by atoms with Gasteiger partial charge in [0.15, 0.2) is 12.4 Å². The van der Waals surface area contributed by atoms with Gasteiger partial charge in [-0.3, -0.25) is 14.9 Å². The molecule has 2 N–H and O–H groups in total. The highest BCUT2D eigenvalue weighted by Crippen LogP contribution is 2.37. The minimum Gasteiger partial charge on any atom is -0.481 e. The summed E-state index contributed by atoms with van der Waals surface area (Å²) >= 11 is 6.07. The third kappa shape index (κ3) is 3.34. The summed E-state index contributed by atoms with van der Waals surface area (Å²) in [7, 11) is 1.95. The van der Waals surface area contributed by atoms with Crippen LogP contribution in [0.5, 0.6) is 5.75 Å². The van der Waals surface area contributed by atoms with Crippen LogP contribution in [0.25, 0.3) is 10.9 Å². The summed E-state index contributed by atoms with van der Waals surface area (Å²) in [5, 5.41) is 19.0. The molecule has 28 heavy (non-hydrogen) atoms. The second-order valence-corrected chi connectivity index (χ2v) is 7.00. The van der Waals surface area contributed by atoms with Crippen LogP contribution in [0.15, 0.2) is 36.5 Å². The van der Waals surface area contributed by atoms with E-state index in [1.54, 1.807) is 0 Å². The molecule has 0 saturated heterocycles. The molecular formula is C19H17ClN4O4. The molecule has 2 aromatic carbocycles. The van der Waals surface area contributed by atoms with E-state index in [0.29, 0.717) is 35.1 Å². The lowest BCUT2D eigenvalue weighted by Gasteiger charge is -2.19. The second kappa shape index (κ2) is 7.05. The monoisotopic (exact) mass is 400 g/mol. The van der Waals surface area contributed by atoms with Crippen molar-refractivity contribution in [2.75, 3.05) is 23.8 Å². The smallest absolute Gasteiger partial charge is 0.296 e. The summed E-state index contributed by atoms with van der Waals surface area (Å²) < 4.78 is 7.26. The van der Waals surface area contributed by atoms with Crippen LogP contribution in [0.3, 0.4) is 0 Å². The number of aryl methyl sites for hydroxylation is 1. The molecule has 144 valence electrons. The molecule has 8 nitrogen and oxygen atoms in total. The van der Waals surface area contributed by atoms with Gasteiger partial charge in [0.05, 0.1) is 16.7 Å². The zero-order chi connectivity index (χ0) is 19.8. The van der Waals surface area contributed by atoms with Crippen molar-refractivity contribution in [3.8, 4) is 5.75 Å². The Hall–Kier alpha value is -3.26. The van der Waals surface area contributed by atoms with E-state index in [1.807, 2.05) is 36.0 Å². The van der Waals surface area contributed by atoms with Crippen molar-refractivity contribution in [2.45, 2.75) is 6.42 Å². The minimum absolute atomic E-state index is 0.0976. The number of halogens is 1. The van der Waals surface area contributed by atoms with Crippen LogP contribution in [-0.2, 0) is 18.3 Å². The molecule has 1 aliphatic heterocycles. The normalized spacial score (nSPS) is 13.0. The Morgan fingerprint density at radius 3 is 2.96 bits per heavy atom. The maximum Gasteiger partial charge on any atom is 0.296 e. The lowest BCUT2D eigenvalue weighted by Crippen LogP contribution is -2.25. The molecule has 0 bridgehead atoms. The molecule has 2 heterocycles. The number of nitro benzene ring substituents is 1. The van der Waals surface area contributed by atoms with Crippen molar-refractivity contribution < 1.29 is 14.5 Å². The fraction of sp³-hybridized carbons (Fsp3) is 0.211. The van der Waals surface area contributed by atoms with Crippen LogP contribution in [0.1, 0.15) is 5.56 Å². The number of hydrogen-bond donors (Lipinski definition) is 2. The first-order valence-electron chi connectivity index (χ1n) is 8.65. The van der Waals surface area contributed by atoms with E-state index in [0.717, 1.165) is 16.5 Å². The summed E-state index contributed by atoms with van der Waals surface area (Å²) in [5.74, 6) is 0.00417. The van der Waals surface area contributed by atoms with Crippen molar-refractivity contribution in [2.24, 2.45) is 7.05 Å². The van der Waals surface area contributed by atoms with Gasteiger partial charge >= 0.3 is 0 Å². The molecule has 0 fully saturated rings. The summed E-state index contributed by atoms with van der Waals surface area (Å²) in [6.45, 7) is 0.332. The zero-order valence-electron chi connectivity index (χ0n) is 15.0. The largest absolute Gasteiger partial charge is 0.481 e. The molecule has 1 aromatic heterocycles. The maximum atomic E-state index is 11.5. The number of benzene rings is 2. The number of carbonyl (C=O) groups is 1. The lowest BCUT2D eigenvalue weighted by atomic mass is 10.1. The van der Waals surface area contributed by atoms with Gasteiger partial charge in [-0.15, -0.1) is 0 Å². The Labute approximate surface area is 165 Å². The second-order valence-electron chi connectivity index (χ2n) is 6.56. The van der Waals surface area contributed by atoms with Gasteiger partial charge in [0.25, 0.3) is 11.6 Å². The molecule has 0 unspecified atom stereocenters. The topological polar surface area (TPSA) is 98.4 Å². The standard InChI is InChI=1S/C19H17ClN4O4/c1-23-9-11(13-3-2-12(20)6-16(13)23)4-5-21-14-7-15-18(8-17(14)24(26)27)28-10-19(25)22-15/h2-3,6-9,21H,4-5,10H2,1H3,(H,22,25). The molecule has 0 spiro atoms. The van der Waals surface area contributed by atoms with Crippen LogP contribution in [-0.4, -0.2) is 28.5 Å². The SMILES string of the molecule is Cn1cc(CCNc2cc3c(cc2[N+](=O)[O-])OCC(=O)N3)c2ccc(Cl)cc21. The minimum atomic E-state index is -0.470. The first-order valence-corrected chi connectivity index (χ1v) is 9.02. The Morgan fingerprint density at radius 2 is 2.18 bits per heavy atom. The van der Waals surface area contributed by atoms with Gasteiger partial charge in [-0.25, -0.2) is 0 Å². The van der Waals surface area contributed by atoms with Gasteiger partial charge < -0.3 is 19.9 Å². The van der Waals surface area contributed by atoms with Crippen LogP contribution < -0.4 is 15.4 Å². The number of ether oxygens (including phenoxy) is 1. The highest BCUT2D eigenvalue weighted by Gasteiger charge is 2.23. The number of nitrogens with zero attached hydrogens (tertiary/aromatic N) is 2. The van der Waals surface area contributed by atoms with Crippen molar-refractivity contribution in [1.29, 1.82) is 0 Å². The highest BCUT2D eigenvalue weighted by atomic mass is 35.5. The van der Waals surface area contributed by atoms with Crippen molar-refractivity contribution in [1.82, 2.24) is 4.57 Å². The summed E-state index contributed by atoms with van der Waals surface area (Å²) in [6, 6.07) is 8.59. The summed E-state index contributed by atoms with van der Waals surface area (Å²) in [4.78, 5) is 22.5. The number of aromatic nitrogens is 1. The average Bonchev–Trinajstić information content (AvgIpc) is 2.96. The van der Waals surface area contributed by atoms with Gasteiger partial charge in [0.1, 0.15) is 5.69 Å². The lowest BCUT2D eigenvalue weighted by molar-refractivity contribution is -0.384. The van der Waals surface area contributed by atoms with Gasteiger partial charge in [-0.2, -0.15) is 0 Å². The molecule has 3 aromatic rings. The van der Waals surface area contributed by atoms with E-state index in [-0.39, 0.29) is 18.2 Å². The van der Waals surface area contributed by atoms with Crippen LogP contribution in [0, 0.1) is 10.1 Å². The molecule has 1 amide bonds. The van der Waals surface area contributed by atoms with E-state index >= 15 is 0 Å². The quantitative estimate of drug-likeness (QED) is 0.502. The van der Waals surface area contributed by atoms with Gasteiger partial charge in [-0.05, 0) is 30.2 Å². The number of hydrogen-bond acceptors (Lipinski definition) is 5. The fourth-order valence-corrected chi connectivity index (χ4v) is 3.55. The van der Waals surface area contributed by atoms with Crippen molar-refractivity contribution in [3.05, 3.63) is 57.2 Å². The van der Waals surface area contributed by atoms with Crippen molar-refractivity contribution in [3.63, 3.8) is 0 Å². The molecule has 0 aliphatic carbocycles. The molecule has 9 heteroatoms. The van der Waals surface area contributed by atoms with Crippen LogP contribution in [0.4, 0.5) is 17.1 Å². The Morgan fingerprint density at radius 1 is 1.36 bits per heavy atom. The predicted molar refractivity (Wildman–Crippen MR) is 107 cm³/mol. The summed E-state index contributed by atoms with van der Waals surface area (Å²) in [6.07, 6.45) is 2.69. The number of carbonyl (C=O) groups excluding carboxylic acids is 1. The van der Waals surface area contributed by atoms with E-state index < -0.39 is 4.92 Å². The van der Waals surface area contributed by atoms with E-state index in [1.165, 1.54) is 12.1 Å². The summed E-state index contributed by atoms with van der Waals surface area (Å²) in [5.41, 5.74) is 2.79. The molecule has 1 aliphatic rings. The van der Waals surface area contributed by atoms with E-state index in [4.69, 9.17) is 16.3 Å². The van der Waals surface area contributed by atoms with Crippen LogP contribution in [0.2, 0.25) is 5.02 Å². The predicted octanol–water partition coefficient (Wildman–Crippen LogP) is 3.73. The number of nitro groups is 1. The first kappa shape index (κ1) is 18.1. The third-order valence-electron chi connectivity index (χ3n) is 4.67. The Kier molecular flexibility index (Phi) is 4.56. The number of rotatable bonds is 5. The van der Waals surface area contributed by atoms with Gasteiger partial charge in [-0.1, -0.05) is 17.7 Å². The maximum absolute atomic E-state index is 11.5. The van der Waals surface area contributed by atoms with Crippen molar-refractivity contribution >= 4 is 45.5 Å².